The topological polar surface area (TPSA) is 71.1 Å². The molecule has 0 spiro atoms. The Morgan fingerprint density at radius 3 is 2.94 bits per heavy atom. The molecular weight excluding hydrogens is 213 g/mol. The van der Waals surface area contributed by atoms with Crippen LogP contribution in [-0.2, 0) is 4.79 Å². The summed E-state index contributed by atoms with van der Waals surface area (Å²) in [6.07, 6.45) is 1.25. The maximum absolute atomic E-state index is 12.6. The van der Waals surface area contributed by atoms with Crippen LogP contribution in [0.2, 0.25) is 0 Å². The lowest BCUT2D eigenvalue weighted by atomic mass is 10.2. The smallest absolute Gasteiger partial charge is 0.270 e. The first-order chi connectivity index (χ1) is 7.65. The van der Waals surface area contributed by atoms with Gasteiger partial charge >= 0.3 is 0 Å². The Balaban J connectivity index is 1.98. The SMILES string of the molecule is O=C1CC(NC(=O)c2ccc(F)cn2)CN1. The van der Waals surface area contributed by atoms with Crippen LogP contribution in [-0.4, -0.2) is 29.4 Å². The van der Waals surface area contributed by atoms with E-state index < -0.39 is 11.7 Å². The van der Waals surface area contributed by atoms with Gasteiger partial charge < -0.3 is 10.6 Å². The van der Waals surface area contributed by atoms with Gasteiger partial charge in [-0.3, -0.25) is 9.59 Å². The molecule has 1 aliphatic rings. The average Bonchev–Trinajstić information content (AvgIpc) is 2.65. The van der Waals surface area contributed by atoms with Gasteiger partial charge in [0, 0.05) is 13.0 Å². The highest BCUT2D eigenvalue weighted by Gasteiger charge is 2.23. The molecule has 2 N–H and O–H groups in total. The molecular formula is C10H10FN3O2. The van der Waals surface area contributed by atoms with Crippen LogP contribution in [0.3, 0.4) is 0 Å². The molecule has 1 fully saturated rings. The van der Waals surface area contributed by atoms with E-state index in [-0.39, 0.29) is 24.1 Å². The predicted molar refractivity (Wildman–Crippen MR) is 53.1 cm³/mol. The molecule has 0 saturated carbocycles. The van der Waals surface area contributed by atoms with Crippen LogP contribution in [0.15, 0.2) is 18.3 Å². The number of pyridine rings is 1. The van der Waals surface area contributed by atoms with Gasteiger partial charge in [-0.2, -0.15) is 0 Å². The quantitative estimate of drug-likeness (QED) is 0.731. The van der Waals surface area contributed by atoms with Crippen molar-refractivity contribution in [1.29, 1.82) is 0 Å². The number of hydrogen-bond acceptors (Lipinski definition) is 3. The normalized spacial score (nSPS) is 19.3. The highest BCUT2D eigenvalue weighted by atomic mass is 19.1. The van der Waals surface area contributed by atoms with Crippen LogP contribution >= 0.6 is 0 Å². The highest BCUT2D eigenvalue weighted by molar-refractivity contribution is 5.93. The Hall–Kier alpha value is -1.98. The molecule has 1 aliphatic heterocycles. The summed E-state index contributed by atoms with van der Waals surface area (Å²) >= 11 is 0. The molecule has 2 rings (SSSR count). The van der Waals surface area contributed by atoms with Gasteiger partial charge in [0.05, 0.1) is 12.2 Å². The van der Waals surface area contributed by atoms with E-state index in [4.69, 9.17) is 0 Å². The van der Waals surface area contributed by atoms with Crippen molar-refractivity contribution in [3.8, 4) is 0 Å². The third-order valence-corrected chi connectivity index (χ3v) is 2.27. The number of nitrogens with one attached hydrogen (secondary N) is 2. The summed E-state index contributed by atoms with van der Waals surface area (Å²) in [6.45, 7) is 0.422. The lowest BCUT2D eigenvalue weighted by Crippen LogP contribution is -2.36. The van der Waals surface area contributed by atoms with Crippen molar-refractivity contribution in [2.75, 3.05) is 6.54 Å². The minimum Gasteiger partial charge on any atom is -0.354 e. The summed E-state index contributed by atoms with van der Waals surface area (Å²) in [7, 11) is 0. The van der Waals surface area contributed by atoms with Gasteiger partial charge in [-0.1, -0.05) is 0 Å². The number of nitrogens with zero attached hydrogens (tertiary/aromatic N) is 1. The van der Waals surface area contributed by atoms with Crippen molar-refractivity contribution in [3.63, 3.8) is 0 Å². The van der Waals surface area contributed by atoms with Gasteiger partial charge in [-0.25, -0.2) is 9.37 Å². The second-order valence-electron chi connectivity index (χ2n) is 3.54. The molecule has 5 nitrogen and oxygen atoms in total. The van der Waals surface area contributed by atoms with Crippen molar-refractivity contribution < 1.29 is 14.0 Å². The van der Waals surface area contributed by atoms with E-state index in [1.54, 1.807) is 0 Å². The Morgan fingerprint density at radius 2 is 2.38 bits per heavy atom. The van der Waals surface area contributed by atoms with E-state index >= 15 is 0 Å². The molecule has 16 heavy (non-hydrogen) atoms. The molecule has 1 unspecified atom stereocenters. The molecule has 0 aromatic carbocycles. The fourth-order valence-corrected chi connectivity index (χ4v) is 1.48. The molecule has 0 bridgehead atoms. The Kier molecular flexibility index (Phi) is 2.80. The second-order valence-corrected chi connectivity index (χ2v) is 3.54. The maximum atomic E-state index is 12.6. The van der Waals surface area contributed by atoms with E-state index in [0.29, 0.717) is 6.54 Å². The number of carbonyl (C=O) groups excluding carboxylic acids is 2. The third kappa shape index (κ3) is 2.33. The van der Waals surface area contributed by atoms with Crippen molar-refractivity contribution in [1.82, 2.24) is 15.6 Å². The van der Waals surface area contributed by atoms with E-state index in [0.717, 1.165) is 6.20 Å². The van der Waals surface area contributed by atoms with Gasteiger partial charge in [0.1, 0.15) is 11.5 Å². The zero-order chi connectivity index (χ0) is 11.5. The molecule has 0 aliphatic carbocycles. The fraction of sp³-hybridized carbons (Fsp3) is 0.300. The van der Waals surface area contributed by atoms with Gasteiger partial charge in [-0.15, -0.1) is 0 Å². The Labute approximate surface area is 91.1 Å². The summed E-state index contributed by atoms with van der Waals surface area (Å²) in [6, 6.07) is 2.25. The summed E-state index contributed by atoms with van der Waals surface area (Å²) in [4.78, 5) is 26.1. The van der Waals surface area contributed by atoms with E-state index in [9.17, 15) is 14.0 Å². The van der Waals surface area contributed by atoms with Crippen LogP contribution in [0.4, 0.5) is 4.39 Å². The average molecular weight is 223 g/mol. The largest absolute Gasteiger partial charge is 0.354 e. The minimum absolute atomic E-state index is 0.0858. The molecule has 1 aromatic rings. The third-order valence-electron chi connectivity index (χ3n) is 2.27. The van der Waals surface area contributed by atoms with Gasteiger partial charge in [0.15, 0.2) is 0 Å². The molecule has 0 radical (unpaired) electrons. The van der Waals surface area contributed by atoms with Crippen molar-refractivity contribution in [2.45, 2.75) is 12.5 Å². The second kappa shape index (κ2) is 4.26. The minimum atomic E-state index is -0.491. The van der Waals surface area contributed by atoms with Crippen LogP contribution in [0.1, 0.15) is 16.9 Å². The number of carbonyl (C=O) groups is 2. The van der Waals surface area contributed by atoms with E-state index in [1.165, 1.54) is 12.1 Å². The summed E-state index contributed by atoms with van der Waals surface area (Å²) < 4.78 is 12.6. The zero-order valence-corrected chi connectivity index (χ0v) is 8.37. The van der Waals surface area contributed by atoms with Crippen LogP contribution in [0.25, 0.3) is 0 Å². The lowest BCUT2D eigenvalue weighted by Gasteiger charge is -2.09. The molecule has 6 heteroatoms. The number of amides is 2. The van der Waals surface area contributed by atoms with E-state index in [1.807, 2.05) is 0 Å². The monoisotopic (exact) mass is 223 g/mol. The fourth-order valence-electron chi connectivity index (χ4n) is 1.48. The van der Waals surface area contributed by atoms with Crippen molar-refractivity contribution in [2.24, 2.45) is 0 Å². The number of halogens is 1. The van der Waals surface area contributed by atoms with Crippen molar-refractivity contribution >= 4 is 11.8 Å². The van der Waals surface area contributed by atoms with Gasteiger partial charge in [0.2, 0.25) is 5.91 Å². The van der Waals surface area contributed by atoms with Gasteiger partial charge in [0.25, 0.3) is 5.91 Å². The maximum Gasteiger partial charge on any atom is 0.270 e. The predicted octanol–water partition coefficient (Wildman–Crippen LogP) is -0.161. The van der Waals surface area contributed by atoms with Crippen LogP contribution in [0.5, 0.6) is 0 Å². The first-order valence-corrected chi connectivity index (χ1v) is 4.84. The number of hydrogen-bond donors (Lipinski definition) is 2. The molecule has 1 saturated heterocycles. The molecule has 2 heterocycles. The number of aromatic nitrogens is 1. The Bertz CT molecular complexity index is 419. The highest BCUT2D eigenvalue weighted by Crippen LogP contribution is 2.02. The summed E-state index contributed by atoms with van der Waals surface area (Å²) in [5.74, 6) is -0.979. The standard InChI is InChI=1S/C10H10FN3O2/c11-6-1-2-8(12-4-6)10(16)14-7-3-9(15)13-5-7/h1-2,4,7H,3,5H2,(H,13,15)(H,14,16). The molecule has 84 valence electrons. The zero-order valence-electron chi connectivity index (χ0n) is 8.37. The first kappa shape index (κ1) is 10.5. The van der Waals surface area contributed by atoms with Crippen LogP contribution < -0.4 is 10.6 Å². The summed E-state index contributed by atoms with van der Waals surface area (Å²) in [5.41, 5.74) is 0.140. The van der Waals surface area contributed by atoms with Crippen LogP contribution in [0, 0.1) is 5.82 Å². The number of rotatable bonds is 2. The molecule has 1 aromatic heterocycles. The van der Waals surface area contributed by atoms with Gasteiger partial charge in [-0.05, 0) is 12.1 Å². The molecule has 2 amide bonds. The summed E-state index contributed by atoms with van der Waals surface area (Å²) in [5, 5.41) is 5.24. The molecule has 1 atom stereocenters. The van der Waals surface area contributed by atoms with E-state index in [2.05, 4.69) is 15.6 Å². The van der Waals surface area contributed by atoms with Crippen molar-refractivity contribution in [3.05, 3.63) is 29.8 Å². The Morgan fingerprint density at radius 1 is 1.56 bits per heavy atom. The lowest BCUT2D eigenvalue weighted by molar-refractivity contribution is -0.119. The first-order valence-electron chi connectivity index (χ1n) is 4.84.